The Labute approximate surface area is 152 Å². The number of amides is 4. The van der Waals surface area contributed by atoms with Crippen molar-refractivity contribution in [2.75, 3.05) is 10.6 Å². The van der Waals surface area contributed by atoms with E-state index in [4.69, 9.17) is 0 Å². The highest BCUT2D eigenvalue weighted by Gasteiger charge is 2.15. The topological polar surface area (TPSA) is 99.3 Å². The quantitative estimate of drug-likeness (QED) is 0.641. The fourth-order valence-electron chi connectivity index (χ4n) is 2.26. The summed E-state index contributed by atoms with van der Waals surface area (Å²) in [4.78, 5) is 35.1. The van der Waals surface area contributed by atoms with Gasteiger partial charge in [-0.2, -0.15) is 0 Å². The summed E-state index contributed by atoms with van der Waals surface area (Å²) in [7, 11) is 0. The van der Waals surface area contributed by atoms with E-state index in [9.17, 15) is 14.4 Å². The minimum atomic E-state index is -0.697. The maximum atomic E-state index is 12.1. The van der Waals surface area contributed by atoms with Crippen LogP contribution in [0.15, 0.2) is 54.6 Å². The fourth-order valence-corrected chi connectivity index (χ4v) is 2.26. The van der Waals surface area contributed by atoms with Crippen LogP contribution in [0, 0.1) is 0 Å². The molecule has 0 aliphatic carbocycles. The molecule has 0 aliphatic heterocycles. The maximum absolute atomic E-state index is 12.1. The van der Waals surface area contributed by atoms with Gasteiger partial charge >= 0.3 is 6.03 Å². The highest BCUT2D eigenvalue weighted by Crippen LogP contribution is 2.10. The van der Waals surface area contributed by atoms with Crippen LogP contribution in [0.3, 0.4) is 0 Å². The van der Waals surface area contributed by atoms with Crippen LogP contribution >= 0.6 is 0 Å². The number of urea groups is 1. The average molecular weight is 354 g/mol. The second kappa shape index (κ2) is 9.22. The Balaban J connectivity index is 1.81. The van der Waals surface area contributed by atoms with Crippen molar-refractivity contribution in [3.8, 4) is 0 Å². The third-order valence-corrected chi connectivity index (χ3v) is 3.49. The normalized spacial score (nSPS) is 11.2. The van der Waals surface area contributed by atoms with Gasteiger partial charge in [-0.1, -0.05) is 30.3 Å². The molecule has 4 amide bonds. The molecule has 0 aliphatic rings. The van der Waals surface area contributed by atoms with Crippen LogP contribution in [0.4, 0.5) is 16.2 Å². The number of nitrogens with one attached hydrogen (secondary N) is 4. The van der Waals surface area contributed by atoms with Crippen LogP contribution in [0.5, 0.6) is 0 Å². The van der Waals surface area contributed by atoms with E-state index in [2.05, 4.69) is 21.3 Å². The molecule has 0 bridgehead atoms. The summed E-state index contributed by atoms with van der Waals surface area (Å²) in [6.45, 7) is 3.33. The van der Waals surface area contributed by atoms with Gasteiger partial charge in [0.2, 0.25) is 11.8 Å². The fraction of sp³-hybridized carbons (Fsp3) is 0.211. The SMILES string of the molecule is CC(=O)Nc1cccc(CNC(=O)C(C)NC(=O)Nc2ccccc2)c1. The van der Waals surface area contributed by atoms with E-state index in [1.165, 1.54) is 6.92 Å². The molecular formula is C19H22N4O3. The van der Waals surface area contributed by atoms with Crippen molar-refractivity contribution in [2.45, 2.75) is 26.4 Å². The van der Waals surface area contributed by atoms with Crippen LogP contribution in [-0.4, -0.2) is 23.9 Å². The zero-order valence-electron chi connectivity index (χ0n) is 14.7. The van der Waals surface area contributed by atoms with Crippen molar-refractivity contribution in [1.82, 2.24) is 10.6 Å². The lowest BCUT2D eigenvalue weighted by Crippen LogP contribution is -2.46. The Hall–Kier alpha value is -3.35. The monoisotopic (exact) mass is 354 g/mol. The highest BCUT2D eigenvalue weighted by molar-refractivity contribution is 5.93. The minimum Gasteiger partial charge on any atom is -0.350 e. The number of rotatable bonds is 6. The van der Waals surface area contributed by atoms with Crippen LogP contribution in [0.25, 0.3) is 0 Å². The first kappa shape index (κ1) is 19.0. The number of anilines is 2. The molecule has 7 nitrogen and oxygen atoms in total. The lowest BCUT2D eigenvalue weighted by molar-refractivity contribution is -0.122. The van der Waals surface area contributed by atoms with Crippen molar-refractivity contribution < 1.29 is 14.4 Å². The summed E-state index contributed by atoms with van der Waals surface area (Å²) < 4.78 is 0. The van der Waals surface area contributed by atoms with Crippen molar-refractivity contribution in [3.63, 3.8) is 0 Å². The zero-order valence-corrected chi connectivity index (χ0v) is 14.7. The number of carbonyl (C=O) groups excluding carboxylic acids is 3. The Kier molecular flexibility index (Phi) is 6.73. The molecule has 0 spiro atoms. The molecule has 0 aromatic heterocycles. The van der Waals surface area contributed by atoms with Crippen LogP contribution < -0.4 is 21.3 Å². The summed E-state index contributed by atoms with van der Waals surface area (Å²) in [6.07, 6.45) is 0. The van der Waals surface area contributed by atoms with Gasteiger partial charge in [0, 0.05) is 24.8 Å². The van der Waals surface area contributed by atoms with Gasteiger partial charge < -0.3 is 21.3 Å². The summed E-state index contributed by atoms with van der Waals surface area (Å²) in [6, 6.07) is 15.0. The van der Waals surface area contributed by atoms with E-state index < -0.39 is 12.1 Å². The van der Waals surface area contributed by atoms with E-state index in [1.54, 1.807) is 49.4 Å². The standard InChI is InChI=1S/C19H22N4O3/c1-13(21-19(26)23-16-8-4-3-5-9-16)18(25)20-12-15-7-6-10-17(11-15)22-14(2)24/h3-11,13H,12H2,1-2H3,(H,20,25)(H,22,24)(H2,21,23,26). The average Bonchev–Trinajstić information content (AvgIpc) is 2.60. The molecule has 0 radical (unpaired) electrons. The van der Waals surface area contributed by atoms with E-state index in [0.29, 0.717) is 17.9 Å². The van der Waals surface area contributed by atoms with E-state index in [-0.39, 0.29) is 11.8 Å². The first-order valence-corrected chi connectivity index (χ1v) is 8.21. The van der Waals surface area contributed by atoms with Gasteiger partial charge in [0.25, 0.3) is 0 Å². The predicted molar refractivity (Wildman–Crippen MR) is 101 cm³/mol. The predicted octanol–water partition coefficient (Wildman–Crippen LogP) is 2.47. The van der Waals surface area contributed by atoms with Crippen LogP contribution in [-0.2, 0) is 16.1 Å². The largest absolute Gasteiger partial charge is 0.350 e. The van der Waals surface area contributed by atoms with Crippen LogP contribution in [0.2, 0.25) is 0 Å². The molecular weight excluding hydrogens is 332 g/mol. The van der Waals surface area contributed by atoms with E-state index >= 15 is 0 Å². The molecule has 2 aromatic carbocycles. The molecule has 0 heterocycles. The van der Waals surface area contributed by atoms with Gasteiger partial charge in [0.05, 0.1) is 0 Å². The Morgan fingerprint density at radius 1 is 0.923 bits per heavy atom. The first-order chi connectivity index (χ1) is 12.4. The van der Waals surface area contributed by atoms with Gasteiger partial charge in [0.15, 0.2) is 0 Å². The molecule has 0 saturated heterocycles. The van der Waals surface area contributed by atoms with Crippen molar-refractivity contribution in [1.29, 1.82) is 0 Å². The third-order valence-electron chi connectivity index (χ3n) is 3.49. The summed E-state index contributed by atoms with van der Waals surface area (Å²) in [5, 5.41) is 10.7. The Morgan fingerprint density at radius 3 is 2.31 bits per heavy atom. The van der Waals surface area contributed by atoms with E-state index in [0.717, 1.165) is 5.56 Å². The summed E-state index contributed by atoms with van der Waals surface area (Å²) in [5.74, 6) is -0.466. The zero-order chi connectivity index (χ0) is 18.9. The number of hydrogen-bond acceptors (Lipinski definition) is 3. The first-order valence-electron chi connectivity index (χ1n) is 8.21. The molecule has 26 heavy (non-hydrogen) atoms. The molecule has 0 saturated carbocycles. The molecule has 4 N–H and O–H groups in total. The molecule has 2 rings (SSSR count). The second-order valence-electron chi connectivity index (χ2n) is 5.79. The Bertz CT molecular complexity index is 777. The molecule has 1 atom stereocenters. The summed E-state index contributed by atoms with van der Waals surface area (Å²) >= 11 is 0. The van der Waals surface area contributed by atoms with Crippen molar-refractivity contribution in [2.24, 2.45) is 0 Å². The highest BCUT2D eigenvalue weighted by atomic mass is 16.2. The Morgan fingerprint density at radius 2 is 1.62 bits per heavy atom. The number of benzene rings is 2. The van der Waals surface area contributed by atoms with E-state index in [1.807, 2.05) is 12.1 Å². The second-order valence-corrected chi connectivity index (χ2v) is 5.79. The van der Waals surface area contributed by atoms with Gasteiger partial charge in [0.1, 0.15) is 6.04 Å². The smallest absolute Gasteiger partial charge is 0.319 e. The third kappa shape index (κ3) is 6.27. The minimum absolute atomic E-state index is 0.159. The lowest BCUT2D eigenvalue weighted by atomic mass is 10.2. The van der Waals surface area contributed by atoms with Gasteiger partial charge in [-0.15, -0.1) is 0 Å². The number of carbonyl (C=O) groups is 3. The number of hydrogen-bond donors (Lipinski definition) is 4. The van der Waals surface area contributed by atoms with Crippen molar-refractivity contribution >= 4 is 29.2 Å². The lowest BCUT2D eigenvalue weighted by Gasteiger charge is -2.15. The summed E-state index contributed by atoms with van der Waals surface area (Å²) in [5.41, 5.74) is 2.15. The van der Waals surface area contributed by atoms with Crippen molar-refractivity contribution in [3.05, 3.63) is 60.2 Å². The molecule has 2 aromatic rings. The molecule has 1 unspecified atom stereocenters. The van der Waals surface area contributed by atoms with Gasteiger partial charge in [-0.05, 0) is 36.8 Å². The van der Waals surface area contributed by atoms with Crippen LogP contribution in [0.1, 0.15) is 19.4 Å². The molecule has 0 fully saturated rings. The maximum Gasteiger partial charge on any atom is 0.319 e. The number of para-hydroxylation sites is 1. The molecule has 136 valence electrons. The van der Waals surface area contributed by atoms with Gasteiger partial charge in [-0.25, -0.2) is 4.79 Å². The van der Waals surface area contributed by atoms with Gasteiger partial charge in [-0.3, -0.25) is 9.59 Å². The molecule has 7 heteroatoms.